The van der Waals surface area contributed by atoms with E-state index in [9.17, 15) is 8.42 Å². The zero-order valence-corrected chi connectivity index (χ0v) is 16.1. The van der Waals surface area contributed by atoms with Gasteiger partial charge in [0.2, 0.25) is 10.0 Å². The first-order chi connectivity index (χ1) is 12.2. The molecule has 0 amide bonds. The lowest BCUT2D eigenvalue weighted by Gasteiger charge is -2.12. The normalized spacial score (nSPS) is 11.5. The Labute approximate surface area is 154 Å². The van der Waals surface area contributed by atoms with Gasteiger partial charge in [-0.2, -0.15) is 0 Å². The Morgan fingerprint density at radius 1 is 1.19 bits per heavy atom. The first-order valence-corrected chi connectivity index (χ1v) is 9.84. The molecule has 26 heavy (non-hydrogen) atoms. The molecule has 0 aromatic heterocycles. The van der Waals surface area contributed by atoms with Gasteiger partial charge in [-0.1, -0.05) is 38.1 Å². The molecule has 0 fully saturated rings. The molecule has 2 aromatic rings. The fourth-order valence-electron chi connectivity index (χ4n) is 2.53. The Morgan fingerprint density at radius 3 is 2.38 bits per heavy atom. The van der Waals surface area contributed by atoms with Crippen LogP contribution in [0.5, 0.6) is 5.75 Å². The van der Waals surface area contributed by atoms with Crippen LogP contribution < -0.4 is 15.2 Å². The molecule has 0 atom stereocenters. The number of methoxy groups -OCH3 is 1. The second-order valence-electron chi connectivity index (χ2n) is 6.32. The highest BCUT2D eigenvalue weighted by molar-refractivity contribution is 7.89. The summed E-state index contributed by atoms with van der Waals surface area (Å²) in [4.78, 5) is -0.0251. The van der Waals surface area contributed by atoms with Crippen LogP contribution in [0.1, 0.15) is 36.5 Å². The van der Waals surface area contributed by atoms with Gasteiger partial charge in [0.15, 0.2) is 0 Å². The molecule has 0 heterocycles. The summed E-state index contributed by atoms with van der Waals surface area (Å²) in [5.41, 5.74) is 8.09. The number of nitrogens with one attached hydrogen (secondary N) is 2. The number of hydrogen-bond donors (Lipinski definition) is 3. The molecular weight excluding hydrogens is 350 g/mol. The van der Waals surface area contributed by atoms with Crippen LogP contribution in [0.15, 0.2) is 47.4 Å². The van der Waals surface area contributed by atoms with Gasteiger partial charge in [-0.05, 0) is 41.7 Å². The minimum atomic E-state index is -3.78. The van der Waals surface area contributed by atoms with Crippen LogP contribution >= 0.6 is 0 Å². The maximum atomic E-state index is 12.6. The number of benzene rings is 2. The van der Waals surface area contributed by atoms with Gasteiger partial charge in [0, 0.05) is 12.1 Å². The van der Waals surface area contributed by atoms with Crippen LogP contribution in [-0.4, -0.2) is 27.9 Å². The van der Waals surface area contributed by atoms with Crippen LogP contribution in [0.4, 0.5) is 0 Å². The second kappa shape index (κ2) is 8.33. The third kappa shape index (κ3) is 4.83. The maximum absolute atomic E-state index is 12.6. The van der Waals surface area contributed by atoms with E-state index in [4.69, 9.17) is 15.9 Å². The van der Waals surface area contributed by atoms with Gasteiger partial charge in [0.25, 0.3) is 0 Å². The molecule has 0 bridgehead atoms. The Kier molecular flexibility index (Phi) is 6.39. The summed E-state index contributed by atoms with van der Waals surface area (Å²) in [5.74, 6) is 0.474. The molecule has 0 saturated heterocycles. The largest absolute Gasteiger partial charge is 0.495 e. The summed E-state index contributed by atoms with van der Waals surface area (Å²) in [6.45, 7) is 4.52. The van der Waals surface area contributed by atoms with E-state index in [0.717, 1.165) is 5.56 Å². The molecule has 4 N–H and O–H groups in total. The van der Waals surface area contributed by atoms with Gasteiger partial charge >= 0.3 is 0 Å². The van der Waals surface area contributed by atoms with E-state index < -0.39 is 10.0 Å². The smallest absolute Gasteiger partial charge is 0.244 e. The molecule has 6 nitrogen and oxygen atoms in total. The lowest BCUT2D eigenvalue weighted by molar-refractivity contribution is 0.402. The predicted octanol–water partition coefficient (Wildman–Crippen LogP) is 2.62. The van der Waals surface area contributed by atoms with E-state index in [2.05, 4.69) is 30.7 Å². The highest BCUT2D eigenvalue weighted by Gasteiger charge is 2.20. The Balaban J connectivity index is 2.11. The number of ether oxygens (including phenoxy) is 1. The van der Waals surface area contributed by atoms with Gasteiger partial charge < -0.3 is 10.5 Å². The molecule has 0 radical (unpaired) electrons. The first kappa shape index (κ1) is 19.9. The van der Waals surface area contributed by atoms with Gasteiger partial charge in [-0.25, -0.2) is 13.1 Å². The number of nitrogen functional groups attached to an aromatic ring is 1. The van der Waals surface area contributed by atoms with Crippen molar-refractivity contribution in [3.8, 4) is 5.75 Å². The summed E-state index contributed by atoms with van der Waals surface area (Å²) in [5, 5.41) is 7.48. The minimum absolute atomic E-state index is 0.0251. The van der Waals surface area contributed by atoms with Crippen molar-refractivity contribution >= 4 is 15.9 Å². The quantitative estimate of drug-likeness (QED) is 0.487. The molecule has 2 rings (SSSR count). The summed E-state index contributed by atoms with van der Waals surface area (Å²) >= 11 is 0. The zero-order valence-electron chi connectivity index (χ0n) is 15.2. The molecule has 0 aliphatic carbocycles. The molecule has 0 unspecified atom stereocenters. The third-order valence-electron chi connectivity index (χ3n) is 4.12. The maximum Gasteiger partial charge on any atom is 0.244 e. The fourth-order valence-corrected chi connectivity index (χ4v) is 3.76. The predicted molar refractivity (Wildman–Crippen MR) is 103 cm³/mol. The topological polar surface area (TPSA) is 105 Å². The standard InChI is InChI=1S/C19H25N3O3S/c1-13(2)15-6-4-14(5-7-15)10-11-22-26(23,24)18-12-16(19(20)21)8-9-17(18)25-3/h4-9,12-13,22H,10-11H2,1-3H3,(H3,20,21). The van der Waals surface area contributed by atoms with Crippen LogP contribution in [-0.2, 0) is 16.4 Å². The van der Waals surface area contributed by atoms with E-state index in [1.54, 1.807) is 6.07 Å². The number of rotatable bonds is 8. The van der Waals surface area contributed by atoms with E-state index in [0.29, 0.717) is 17.9 Å². The first-order valence-electron chi connectivity index (χ1n) is 8.35. The monoisotopic (exact) mass is 375 g/mol. The molecule has 140 valence electrons. The van der Waals surface area contributed by atoms with Crippen molar-refractivity contribution in [2.75, 3.05) is 13.7 Å². The van der Waals surface area contributed by atoms with E-state index in [1.165, 1.54) is 24.8 Å². The summed E-state index contributed by atoms with van der Waals surface area (Å²) in [6.07, 6.45) is 0.576. The minimum Gasteiger partial charge on any atom is -0.495 e. The van der Waals surface area contributed by atoms with Crippen molar-refractivity contribution in [3.63, 3.8) is 0 Å². The molecular formula is C19H25N3O3S. The SMILES string of the molecule is COc1ccc(C(=N)N)cc1S(=O)(=O)NCCc1ccc(C(C)C)cc1. The van der Waals surface area contributed by atoms with Gasteiger partial charge in [-0.15, -0.1) is 0 Å². The average Bonchev–Trinajstić information content (AvgIpc) is 2.61. The van der Waals surface area contributed by atoms with Crippen LogP contribution in [0.3, 0.4) is 0 Å². The molecule has 2 aromatic carbocycles. The Bertz CT molecular complexity index is 875. The average molecular weight is 375 g/mol. The van der Waals surface area contributed by atoms with Crippen LogP contribution in [0.2, 0.25) is 0 Å². The highest BCUT2D eigenvalue weighted by Crippen LogP contribution is 2.24. The zero-order chi connectivity index (χ0) is 19.3. The Morgan fingerprint density at radius 2 is 1.85 bits per heavy atom. The molecule has 0 aliphatic rings. The third-order valence-corrected chi connectivity index (χ3v) is 5.60. The van der Waals surface area contributed by atoms with Crippen molar-refractivity contribution < 1.29 is 13.2 Å². The fraction of sp³-hybridized carbons (Fsp3) is 0.316. The van der Waals surface area contributed by atoms with Gasteiger partial charge in [-0.3, -0.25) is 5.41 Å². The number of nitrogens with two attached hydrogens (primary N) is 1. The Hall–Kier alpha value is -2.38. The van der Waals surface area contributed by atoms with Crippen molar-refractivity contribution in [2.45, 2.75) is 31.1 Å². The van der Waals surface area contributed by atoms with E-state index in [1.807, 2.05) is 12.1 Å². The van der Waals surface area contributed by atoms with Gasteiger partial charge in [0.05, 0.1) is 7.11 Å². The number of hydrogen-bond acceptors (Lipinski definition) is 4. The molecule has 7 heteroatoms. The van der Waals surface area contributed by atoms with Crippen LogP contribution in [0.25, 0.3) is 0 Å². The lowest BCUT2D eigenvalue weighted by Crippen LogP contribution is -2.27. The van der Waals surface area contributed by atoms with Crippen LogP contribution in [0, 0.1) is 5.41 Å². The second-order valence-corrected chi connectivity index (χ2v) is 8.06. The van der Waals surface area contributed by atoms with Crippen molar-refractivity contribution in [2.24, 2.45) is 5.73 Å². The van der Waals surface area contributed by atoms with E-state index >= 15 is 0 Å². The van der Waals surface area contributed by atoms with Gasteiger partial charge in [0.1, 0.15) is 16.5 Å². The summed E-state index contributed by atoms with van der Waals surface area (Å²) in [6, 6.07) is 12.6. The van der Waals surface area contributed by atoms with Crippen molar-refractivity contribution in [3.05, 3.63) is 59.2 Å². The van der Waals surface area contributed by atoms with Crippen molar-refractivity contribution in [1.29, 1.82) is 5.41 Å². The molecule has 0 spiro atoms. The number of amidine groups is 1. The highest BCUT2D eigenvalue weighted by atomic mass is 32.2. The van der Waals surface area contributed by atoms with Crippen molar-refractivity contribution in [1.82, 2.24) is 4.72 Å². The summed E-state index contributed by atoms with van der Waals surface area (Å²) in [7, 11) is -2.38. The number of sulfonamides is 1. The lowest BCUT2D eigenvalue weighted by atomic mass is 10.0. The summed E-state index contributed by atoms with van der Waals surface area (Å²) < 4.78 is 33.0. The molecule has 0 aliphatic heterocycles. The molecule has 0 saturated carbocycles. The van der Waals surface area contributed by atoms with E-state index in [-0.39, 0.29) is 23.0 Å².